The van der Waals surface area contributed by atoms with E-state index in [0.717, 1.165) is 12.0 Å². The summed E-state index contributed by atoms with van der Waals surface area (Å²) in [6.45, 7) is 8.65. The summed E-state index contributed by atoms with van der Waals surface area (Å²) in [4.78, 5) is 35.4. The molecule has 0 bridgehead atoms. The molecule has 1 fully saturated rings. The van der Waals surface area contributed by atoms with Gasteiger partial charge < -0.3 is 9.47 Å². The van der Waals surface area contributed by atoms with Crippen LogP contribution in [0.15, 0.2) is 71.8 Å². The van der Waals surface area contributed by atoms with Gasteiger partial charge in [0.2, 0.25) is 5.91 Å². The molecular formula is C30H31N3O6. The molecule has 0 saturated heterocycles. The second kappa shape index (κ2) is 11.5. The molecule has 39 heavy (non-hydrogen) atoms. The largest absolute Gasteiger partial charge is 0.490 e. The average Bonchev–Trinajstić information content (AvgIpc) is 3.71. The number of hydrogen-bond acceptors (Lipinski definition) is 7. The molecule has 1 saturated carbocycles. The maximum Gasteiger partial charge on any atom is 0.343 e. The van der Waals surface area contributed by atoms with E-state index < -0.39 is 10.9 Å². The van der Waals surface area contributed by atoms with Gasteiger partial charge >= 0.3 is 5.97 Å². The number of rotatable bonds is 9. The molecule has 202 valence electrons. The number of amides is 1. The first-order chi connectivity index (χ1) is 18.6. The molecule has 1 aliphatic carbocycles. The van der Waals surface area contributed by atoms with Gasteiger partial charge in [-0.2, -0.15) is 5.10 Å². The van der Waals surface area contributed by atoms with Gasteiger partial charge in [-0.25, -0.2) is 10.2 Å². The van der Waals surface area contributed by atoms with Crippen molar-refractivity contribution in [1.29, 1.82) is 0 Å². The van der Waals surface area contributed by atoms with Crippen molar-refractivity contribution in [2.24, 2.45) is 11.0 Å². The van der Waals surface area contributed by atoms with Crippen LogP contribution in [0.1, 0.15) is 67.1 Å². The molecular weight excluding hydrogens is 498 g/mol. The molecule has 2 atom stereocenters. The van der Waals surface area contributed by atoms with Crippen LogP contribution in [0.3, 0.4) is 0 Å². The summed E-state index contributed by atoms with van der Waals surface area (Å²) in [6, 6.07) is 18.5. The Kier molecular flexibility index (Phi) is 8.09. The zero-order valence-corrected chi connectivity index (χ0v) is 22.3. The van der Waals surface area contributed by atoms with E-state index in [1.165, 1.54) is 36.0 Å². The number of non-ortho nitro benzene ring substituents is 1. The Balaban J connectivity index is 1.35. The van der Waals surface area contributed by atoms with Gasteiger partial charge in [-0.3, -0.25) is 14.9 Å². The maximum atomic E-state index is 12.6. The van der Waals surface area contributed by atoms with Crippen LogP contribution in [-0.2, 0) is 10.2 Å². The molecule has 0 radical (unpaired) electrons. The fourth-order valence-corrected chi connectivity index (χ4v) is 4.17. The summed E-state index contributed by atoms with van der Waals surface area (Å²) in [7, 11) is 0. The Morgan fingerprint density at radius 1 is 1.05 bits per heavy atom. The van der Waals surface area contributed by atoms with Crippen molar-refractivity contribution in [3.8, 4) is 11.5 Å². The van der Waals surface area contributed by atoms with Crippen molar-refractivity contribution in [1.82, 2.24) is 5.43 Å². The standard InChI is InChI=1S/C30H31N3O6/c1-5-38-27-16-19(6-15-26(27)39-29(35)21-9-13-23(14-10-21)33(36)37)18-31-32-28(34)25-17-24(25)20-7-11-22(12-8-20)30(2,3)4/h6-16,18,24-25H,5,17H2,1-4H3,(H,32,34)/b31-18+/t24-,25-/m1/s1. The van der Waals surface area contributed by atoms with Crippen LogP contribution in [0, 0.1) is 16.0 Å². The number of ether oxygens (including phenoxy) is 2. The fourth-order valence-electron chi connectivity index (χ4n) is 4.17. The lowest BCUT2D eigenvalue weighted by Crippen LogP contribution is -2.20. The van der Waals surface area contributed by atoms with Crippen LogP contribution in [0.2, 0.25) is 0 Å². The van der Waals surface area contributed by atoms with E-state index in [1.54, 1.807) is 25.1 Å². The number of hydrogen-bond donors (Lipinski definition) is 1. The SMILES string of the molecule is CCOc1cc(/C=N/NC(=O)[C@@H]2C[C@@H]2c2ccc(C(C)(C)C)cc2)ccc1OC(=O)c1ccc([N+](=O)[O-])cc1. The second-order valence-corrected chi connectivity index (χ2v) is 10.4. The summed E-state index contributed by atoms with van der Waals surface area (Å²) in [5.41, 5.74) is 5.81. The number of nitrogens with zero attached hydrogens (tertiary/aromatic N) is 2. The normalized spacial score (nSPS) is 16.5. The smallest absolute Gasteiger partial charge is 0.343 e. The van der Waals surface area contributed by atoms with Crippen molar-refractivity contribution in [2.45, 2.75) is 45.4 Å². The number of nitro benzene ring substituents is 1. The van der Waals surface area contributed by atoms with E-state index in [0.29, 0.717) is 17.9 Å². The molecule has 0 heterocycles. The summed E-state index contributed by atoms with van der Waals surface area (Å²) in [6.07, 6.45) is 2.29. The zero-order chi connectivity index (χ0) is 28.2. The molecule has 0 aromatic heterocycles. The first kappa shape index (κ1) is 27.5. The third-order valence-corrected chi connectivity index (χ3v) is 6.50. The van der Waals surface area contributed by atoms with Crippen molar-refractivity contribution in [3.05, 3.63) is 99.1 Å². The van der Waals surface area contributed by atoms with Crippen LogP contribution in [-0.4, -0.2) is 29.6 Å². The number of carbonyl (C=O) groups excluding carboxylic acids is 2. The van der Waals surface area contributed by atoms with Crippen LogP contribution >= 0.6 is 0 Å². The second-order valence-electron chi connectivity index (χ2n) is 10.4. The Morgan fingerprint density at radius 3 is 2.36 bits per heavy atom. The number of benzene rings is 3. The topological polar surface area (TPSA) is 120 Å². The molecule has 9 nitrogen and oxygen atoms in total. The van der Waals surface area contributed by atoms with E-state index in [2.05, 4.69) is 55.6 Å². The number of hydrazone groups is 1. The van der Waals surface area contributed by atoms with E-state index in [1.807, 2.05) is 0 Å². The summed E-state index contributed by atoms with van der Waals surface area (Å²) >= 11 is 0. The fraction of sp³-hybridized carbons (Fsp3) is 0.300. The van der Waals surface area contributed by atoms with E-state index in [9.17, 15) is 19.7 Å². The van der Waals surface area contributed by atoms with Crippen molar-refractivity contribution in [3.63, 3.8) is 0 Å². The Hall–Kier alpha value is -4.53. The molecule has 0 spiro atoms. The molecule has 1 amide bonds. The molecule has 1 N–H and O–H groups in total. The third-order valence-electron chi connectivity index (χ3n) is 6.50. The molecule has 1 aliphatic rings. The zero-order valence-electron chi connectivity index (χ0n) is 22.3. The van der Waals surface area contributed by atoms with Crippen molar-refractivity contribution < 1.29 is 24.0 Å². The molecule has 3 aromatic carbocycles. The van der Waals surface area contributed by atoms with Gasteiger partial charge in [0, 0.05) is 18.1 Å². The molecule has 0 unspecified atom stereocenters. The van der Waals surface area contributed by atoms with Gasteiger partial charge in [-0.1, -0.05) is 45.0 Å². The minimum absolute atomic E-state index is 0.0860. The van der Waals surface area contributed by atoms with Gasteiger partial charge in [0.15, 0.2) is 11.5 Å². The van der Waals surface area contributed by atoms with Gasteiger partial charge in [0.25, 0.3) is 5.69 Å². The molecule has 0 aliphatic heterocycles. The van der Waals surface area contributed by atoms with Crippen LogP contribution in [0.4, 0.5) is 5.69 Å². The third kappa shape index (κ3) is 6.87. The van der Waals surface area contributed by atoms with E-state index >= 15 is 0 Å². The minimum Gasteiger partial charge on any atom is -0.490 e. The Bertz CT molecular complexity index is 1390. The van der Waals surface area contributed by atoms with E-state index in [4.69, 9.17) is 9.47 Å². The van der Waals surface area contributed by atoms with Gasteiger partial charge in [0.1, 0.15) is 0 Å². The van der Waals surface area contributed by atoms with Gasteiger partial charge in [-0.15, -0.1) is 0 Å². The first-order valence-corrected chi connectivity index (χ1v) is 12.7. The quantitative estimate of drug-likeness (QED) is 0.124. The first-order valence-electron chi connectivity index (χ1n) is 12.7. The molecule has 9 heteroatoms. The summed E-state index contributed by atoms with van der Waals surface area (Å²) < 4.78 is 11.1. The number of nitro groups is 1. The number of carbonyl (C=O) groups is 2. The van der Waals surface area contributed by atoms with E-state index in [-0.39, 0.29) is 40.2 Å². The lowest BCUT2D eigenvalue weighted by molar-refractivity contribution is -0.384. The minimum atomic E-state index is -0.674. The monoisotopic (exact) mass is 529 g/mol. The highest BCUT2D eigenvalue weighted by molar-refractivity contribution is 5.92. The van der Waals surface area contributed by atoms with Gasteiger partial charge in [0.05, 0.1) is 23.3 Å². The predicted octanol–water partition coefficient (Wildman–Crippen LogP) is 5.76. The Morgan fingerprint density at radius 2 is 1.74 bits per heavy atom. The number of nitrogens with one attached hydrogen (secondary N) is 1. The van der Waals surface area contributed by atoms with Gasteiger partial charge in [-0.05, 0) is 71.7 Å². The lowest BCUT2D eigenvalue weighted by atomic mass is 9.86. The van der Waals surface area contributed by atoms with Crippen LogP contribution < -0.4 is 14.9 Å². The average molecular weight is 530 g/mol. The van der Waals surface area contributed by atoms with Crippen LogP contribution in [0.25, 0.3) is 0 Å². The summed E-state index contributed by atoms with van der Waals surface area (Å²) in [5.74, 6) is -0.198. The highest BCUT2D eigenvalue weighted by atomic mass is 16.6. The Labute approximate surface area is 227 Å². The number of esters is 1. The lowest BCUT2D eigenvalue weighted by Gasteiger charge is -2.19. The van der Waals surface area contributed by atoms with Crippen molar-refractivity contribution in [2.75, 3.05) is 6.61 Å². The molecule has 4 rings (SSSR count). The van der Waals surface area contributed by atoms with Crippen LogP contribution in [0.5, 0.6) is 11.5 Å². The molecule has 3 aromatic rings. The summed E-state index contributed by atoms with van der Waals surface area (Å²) in [5, 5.41) is 14.9. The highest BCUT2D eigenvalue weighted by Gasteiger charge is 2.44. The maximum absolute atomic E-state index is 12.6. The predicted molar refractivity (Wildman–Crippen MR) is 147 cm³/mol. The highest BCUT2D eigenvalue weighted by Crippen LogP contribution is 2.47. The van der Waals surface area contributed by atoms with Crippen molar-refractivity contribution >= 4 is 23.8 Å².